The van der Waals surface area contributed by atoms with E-state index in [0.717, 1.165) is 28.5 Å². The molecule has 0 bridgehead atoms. The first kappa shape index (κ1) is 34.6. The number of nitrogens with zero attached hydrogens (tertiary/aromatic N) is 8. The van der Waals surface area contributed by atoms with Crippen molar-refractivity contribution in [3.05, 3.63) is 115 Å². The van der Waals surface area contributed by atoms with Gasteiger partial charge in [0.25, 0.3) is 5.91 Å². The Balaban J connectivity index is 1.12. The second kappa shape index (κ2) is 14.9. The number of piperazine rings is 1. The third-order valence-electron chi connectivity index (χ3n) is 10.0. The maximum absolute atomic E-state index is 16.8. The summed E-state index contributed by atoms with van der Waals surface area (Å²) in [7, 11) is 1.46. The van der Waals surface area contributed by atoms with Crippen LogP contribution in [0.4, 0.5) is 14.6 Å². The summed E-state index contributed by atoms with van der Waals surface area (Å²) in [6.45, 7) is 2.83. The Morgan fingerprint density at radius 1 is 0.889 bits per heavy atom. The molecule has 12 nitrogen and oxygen atoms in total. The number of hydrogen-bond acceptors (Lipinski definition) is 8. The maximum Gasteiger partial charge on any atom is 0.270 e. The van der Waals surface area contributed by atoms with Crippen molar-refractivity contribution in [2.45, 2.75) is 19.4 Å². The molecule has 0 spiro atoms. The van der Waals surface area contributed by atoms with Crippen LogP contribution in [-0.2, 0) is 11.3 Å². The second-order valence-electron chi connectivity index (χ2n) is 13.3. The normalized spacial score (nSPS) is 14.7. The largest absolute Gasteiger partial charge is 0.493 e. The molecule has 0 unspecified atom stereocenters. The molecule has 274 valence electrons. The molecule has 1 N–H and O–H groups in total. The van der Waals surface area contributed by atoms with E-state index >= 15 is 4.39 Å². The summed E-state index contributed by atoms with van der Waals surface area (Å²) in [4.78, 5) is 44.3. The van der Waals surface area contributed by atoms with Crippen molar-refractivity contribution >= 4 is 34.1 Å². The number of amides is 2. The van der Waals surface area contributed by atoms with Crippen LogP contribution in [0.1, 0.15) is 28.9 Å². The number of aromatic nitrogens is 6. The van der Waals surface area contributed by atoms with Gasteiger partial charge in [0.1, 0.15) is 11.5 Å². The number of carbonyl (C=O) groups excluding carboxylic acids is 2. The minimum atomic E-state index is -0.494. The first-order valence-corrected chi connectivity index (χ1v) is 17.8. The molecular weight excluding hydrogens is 692 g/mol. The van der Waals surface area contributed by atoms with Crippen molar-refractivity contribution < 1.29 is 23.1 Å². The first-order valence-electron chi connectivity index (χ1n) is 17.8. The molecule has 2 amide bonds. The first-order chi connectivity index (χ1) is 26.4. The van der Waals surface area contributed by atoms with Crippen LogP contribution in [-0.4, -0.2) is 97.9 Å². The number of aromatic amines is 1. The quantitative estimate of drug-likeness (QED) is 0.197. The molecule has 54 heavy (non-hydrogen) atoms. The van der Waals surface area contributed by atoms with E-state index in [2.05, 4.69) is 25.3 Å². The van der Waals surface area contributed by atoms with Crippen LogP contribution < -0.4 is 9.64 Å². The summed E-state index contributed by atoms with van der Waals surface area (Å²) in [6.07, 6.45) is 10.7. The van der Waals surface area contributed by atoms with Gasteiger partial charge in [-0.1, -0.05) is 35.6 Å². The van der Waals surface area contributed by atoms with Crippen LogP contribution in [0.2, 0.25) is 0 Å². The Bertz CT molecular complexity index is 2350. The third-order valence-corrected chi connectivity index (χ3v) is 10.0. The van der Waals surface area contributed by atoms with Crippen LogP contribution in [0.25, 0.3) is 38.7 Å². The van der Waals surface area contributed by atoms with E-state index in [1.54, 1.807) is 45.3 Å². The monoisotopic (exact) mass is 729 g/mol. The average molecular weight is 730 g/mol. The van der Waals surface area contributed by atoms with E-state index in [1.807, 2.05) is 53.4 Å². The average Bonchev–Trinajstić information content (AvgIpc) is 3.92. The molecule has 1 fully saturated rings. The van der Waals surface area contributed by atoms with Crippen molar-refractivity contribution in [3.8, 4) is 28.0 Å². The maximum atomic E-state index is 16.8. The number of methoxy groups -OCH3 is 1. The van der Waals surface area contributed by atoms with Crippen molar-refractivity contribution in [1.82, 2.24) is 39.7 Å². The summed E-state index contributed by atoms with van der Waals surface area (Å²) >= 11 is 0. The summed E-state index contributed by atoms with van der Waals surface area (Å²) in [5.41, 5.74) is 5.01. The molecule has 0 radical (unpaired) electrons. The molecule has 6 heterocycles. The predicted octanol–water partition coefficient (Wildman–Crippen LogP) is 5.84. The molecule has 0 atom stereocenters. The third kappa shape index (κ3) is 6.89. The van der Waals surface area contributed by atoms with E-state index in [-0.39, 0.29) is 36.0 Å². The molecule has 8 rings (SSSR count). The highest BCUT2D eigenvalue weighted by Crippen LogP contribution is 2.38. The van der Waals surface area contributed by atoms with Crippen LogP contribution in [0.3, 0.4) is 0 Å². The number of ether oxygens (including phenoxy) is 1. The number of fused-ring (bicyclic) bond motifs is 1. The van der Waals surface area contributed by atoms with Crippen molar-refractivity contribution in [2.75, 3.05) is 51.3 Å². The lowest BCUT2D eigenvalue weighted by Crippen LogP contribution is -2.49. The standard InChI is InChI=1S/C40H37F2N9O3/c1-54-35-20-30(41)24-44-39(35)48-15-17-49(18-16-48)40(53)34-22-33-31(27-6-2-5-26(19-27)28-7-3-10-43-23-28)21-32(37(42)38(33)46-34)29-8-4-12-50(25-29)36(52)9-13-51-14-11-45-47-51/h2-3,5-8,10-11,14,19-24,46H,4,9,12-13,15-18,25H2,1H3. The smallest absolute Gasteiger partial charge is 0.270 e. The predicted molar refractivity (Wildman–Crippen MR) is 200 cm³/mol. The highest BCUT2D eigenvalue weighted by Gasteiger charge is 2.28. The molecule has 0 aliphatic carbocycles. The Kier molecular flexibility index (Phi) is 9.55. The fourth-order valence-electron chi connectivity index (χ4n) is 7.21. The SMILES string of the molecule is COc1cc(F)cnc1N1CCN(C(=O)c2cc3c(-c4cccc(-c5cccnc5)c4)cc(C4=CCCN(C(=O)CCn5ccnn5)C4)c(F)c3[nH]2)CC1. The molecule has 6 aromatic rings. The van der Waals surface area contributed by atoms with Crippen molar-refractivity contribution in [1.29, 1.82) is 0 Å². The highest BCUT2D eigenvalue weighted by atomic mass is 19.1. The number of carbonyl (C=O) groups is 2. The summed E-state index contributed by atoms with van der Waals surface area (Å²) in [6, 6.07) is 16.7. The lowest BCUT2D eigenvalue weighted by Gasteiger charge is -2.35. The molecule has 2 aliphatic rings. The molecule has 0 saturated carbocycles. The molecule has 14 heteroatoms. The number of hydrogen-bond donors (Lipinski definition) is 1. The van der Waals surface area contributed by atoms with Gasteiger partial charge in [0.2, 0.25) is 5.91 Å². The van der Waals surface area contributed by atoms with E-state index in [4.69, 9.17) is 4.74 Å². The van der Waals surface area contributed by atoms with Gasteiger partial charge >= 0.3 is 0 Å². The van der Waals surface area contributed by atoms with E-state index in [1.165, 1.54) is 13.2 Å². The number of rotatable bonds is 9. The molecule has 2 aromatic carbocycles. The fraction of sp³-hybridized carbons (Fsp3) is 0.250. The van der Waals surface area contributed by atoms with Crippen LogP contribution >= 0.6 is 0 Å². The van der Waals surface area contributed by atoms with Crippen molar-refractivity contribution in [3.63, 3.8) is 0 Å². The van der Waals surface area contributed by atoms with Crippen LogP contribution in [0, 0.1) is 11.6 Å². The zero-order valence-corrected chi connectivity index (χ0v) is 29.6. The zero-order valence-electron chi connectivity index (χ0n) is 29.6. The summed E-state index contributed by atoms with van der Waals surface area (Å²) in [5.74, 6) is -0.461. The number of H-pyrrole nitrogens is 1. The number of anilines is 1. The van der Waals surface area contributed by atoms with Gasteiger partial charge in [-0.15, -0.1) is 5.10 Å². The number of halogens is 2. The Morgan fingerprint density at radius 2 is 1.72 bits per heavy atom. The summed E-state index contributed by atoms with van der Waals surface area (Å²) in [5, 5.41) is 8.32. The molecular formula is C40H37F2N9O3. The second-order valence-corrected chi connectivity index (χ2v) is 13.3. The van der Waals surface area contributed by atoms with Gasteiger partial charge in [0, 0.05) is 86.9 Å². The Labute approximate surface area is 309 Å². The number of pyridine rings is 2. The molecule has 4 aromatic heterocycles. The van der Waals surface area contributed by atoms with E-state index in [9.17, 15) is 14.0 Å². The van der Waals surface area contributed by atoms with Crippen LogP contribution in [0.15, 0.2) is 91.7 Å². The van der Waals surface area contributed by atoms with Gasteiger partial charge in [-0.3, -0.25) is 19.3 Å². The van der Waals surface area contributed by atoms with E-state index < -0.39 is 11.6 Å². The number of nitrogens with one attached hydrogen (secondary N) is 1. The van der Waals surface area contributed by atoms with Gasteiger partial charge < -0.3 is 24.4 Å². The van der Waals surface area contributed by atoms with Gasteiger partial charge in [-0.25, -0.2) is 13.8 Å². The van der Waals surface area contributed by atoms with Crippen LogP contribution in [0.5, 0.6) is 5.75 Å². The Hall–Kier alpha value is -6.44. The lowest BCUT2D eigenvalue weighted by molar-refractivity contribution is -0.131. The fourth-order valence-corrected chi connectivity index (χ4v) is 7.21. The minimum absolute atomic E-state index is 0.0523. The number of benzene rings is 2. The van der Waals surface area contributed by atoms with E-state index in [0.29, 0.717) is 73.8 Å². The van der Waals surface area contributed by atoms with Gasteiger partial charge in [0.15, 0.2) is 17.4 Å². The zero-order chi connectivity index (χ0) is 37.2. The highest BCUT2D eigenvalue weighted by molar-refractivity contribution is 6.05. The topological polar surface area (TPSA) is 125 Å². The van der Waals surface area contributed by atoms with Gasteiger partial charge in [-0.05, 0) is 52.9 Å². The lowest BCUT2D eigenvalue weighted by atomic mass is 9.92. The molecule has 2 aliphatic heterocycles. The molecule has 1 saturated heterocycles. The minimum Gasteiger partial charge on any atom is -0.493 e. The number of aryl methyl sites for hydroxylation is 1. The van der Waals surface area contributed by atoms with Crippen molar-refractivity contribution in [2.24, 2.45) is 0 Å². The Morgan fingerprint density at radius 3 is 2.50 bits per heavy atom. The van der Waals surface area contributed by atoms with Gasteiger partial charge in [0.05, 0.1) is 31.6 Å². The summed E-state index contributed by atoms with van der Waals surface area (Å²) < 4.78 is 37.6. The van der Waals surface area contributed by atoms with Gasteiger partial charge in [-0.2, -0.15) is 0 Å².